The molecule has 0 saturated carbocycles. The molecule has 0 saturated heterocycles. The van der Waals surface area contributed by atoms with Crippen LogP contribution >= 0.6 is 0 Å². The molecule has 0 aromatic heterocycles. The summed E-state index contributed by atoms with van der Waals surface area (Å²) in [7, 11) is -3.01. The zero-order valence-corrected chi connectivity index (χ0v) is 19.4. The molecule has 2 aromatic rings. The maximum atomic E-state index is 13.1. The van der Waals surface area contributed by atoms with Crippen molar-refractivity contribution in [3.8, 4) is 11.5 Å². The van der Waals surface area contributed by atoms with Crippen molar-refractivity contribution in [3.63, 3.8) is 0 Å². The minimum atomic E-state index is -4.18. The van der Waals surface area contributed by atoms with Crippen molar-refractivity contribution in [2.24, 2.45) is 4.99 Å². The normalized spacial score (nSPS) is 15.2. The van der Waals surface area contributed by atoms with E-state index in [2.05, 4.69) is 4.99 Å². The first-order valence-electron chi connectivity index (χ1n) is 10.3. The third kappa shape index (κ3) is 5.65. The van der Waals surface area contributed by atoms with Crippen molar-refractivity contribution >= 4 is 33.6 Å². The van der Waals surface area contributed by atoms with Gasteiger partial charge in [-0.2, -0.15) is 4.31 Å². The summed E-state index contributed by atoms with van der Waals surface area (Å²) in [5.74, 6) is -0.515. The average molecular weight is 489 g/mol. The molecule has 0 aliphatic carbocycles. The van der Waals surface area contributed by atoms with Crippen LogP contribution in [-0.2, 0) is 19.6 Å². The standard InChI is InChI=1S/C22H24N4O7S/c1-15-14-20(27)26(22(29)23-15)13-12-19(21(28)24-30)25(2)34(31,32)18-10-8-17(9-11-18)33-16-6-4-3-5-7-16/h3-11,19,30H,12-14H2,1-2H3,(H,24,28). The summed E-state index contributed by atoms with van der Waals surface area (Å²) in [6.45, 7) is 1.29. The first-order valence-corrected chi connectivity index (χ1v) is 11.7. The third-order valence-electron chi connectivity index (χ3n) is 5.18. The maximum Gasteiger partial charge on any atom is 0.350 e. The molecule has 0 radical (unpaired) electrons. The van der Waals surface area contributed by atoms with E-state index in [0.29, 0.717) is 17.2 Å². The molecule has 0 spiro atoms. The lowest BCUT2D eigenvalue weighted by Gasteiger charge is -2.28. The molecule has 0 fully saturated rings. The van der Waals surface area contributed by atoms with E-state index in [1.807, 2.05) is 6.07 Å². The maximum absolute atomic E-state index is 13.1. The summed E-state index contributed by atoms with van der Waals surface area (Å²) < 4.78 is 32.7. The predicted molar refractivity (Wildman–Crippen MR) is 121 cm³/mol. The van der Waals surface area contributed by atoms with Gasteiger partial charge < -0.3 is 4.74 Å². The van der Waals surface area contributed by atoms with E-state index in [9.17, 15) is 22.8 Å². The molecule has 0 bridgehead atoms. The van der Waals surface area contributed by atoms with Crippen LogP contribution in [0, 0.1) is 0 Å². The number of carbonyl (C=O) groups is 3. The van der Waals surface area contributed by atoms with Crippen LogP contribution in [0.4, 0.5) is 4.79 Å². The fourth-order valence-corrected chi connectivity index (χ4v) is 4.70. The largest absolute Gasteiger partial charge is 0.457 e. The van der Waals surface area contributed by atoms with Gasteiger partial charge >= 0.3 is 6.03 Å². The number of urea groups is 1. The van der Waals surface area contributed by atoms with Crippen LogP contribution in [0.25, 0.3) is 0 Å². The van der Waals surface area contributed by atoms with Gasteiger partial charge in [-0.3, -0.25) is 19.7 Å². The predicted octanol–water partition coefficient (Wildman–Crippen LogP) is 2.18. The molecule has 1 atom stereocenters. The van der Waals surface area contributed by atoms with E-state index >= 15 is 0 Å². The van der Waals surface area contributed by atoms with Crippen LogP contribution in [-0.4, -0.2) is 66.0 Å². The van der Waals surface area contributed by atoms with Gasteiger partial charge in [0.2, 0.25) is 15.9 Å². The molecule has 3 rings (SSSR count). The van der Waals surface area contributed by atoms with E-state index in [1.54, 1.807) is 31.2 Å². The second-order valence-corrected chi connectivity index (χ2v) is 9.54. The highest BCUT2D eigenvalue weighted by atomic mass is 32.2. The van der Waals surface area contributed by atoms with Gasteiger partial charge in [-0.15, -0.1) is 0 Å². The van der Waals surface area contributed by atoms with Crippen molar-refractivity contribution in [2.75, 3.05) is 13.6 Å². The summed E-state index contributed by atoms with van der Waals surface area (Å²) in [5.41, 5.74) is 1.81. The SMILES string of the molecule is CC1=NC(=O)N(CCC(C(=O)NO)N(C)S(=O)(=O)c2ccc(Oc3ccccc3)cc2)C(=O)C1. The quantitative estimate of drug-likeness (QED) is 0.406. The number of amides is 4. The molecular formula is C22H24N4O7S. The molecule has 11 nitrogen and oxygen atoms in total. The lowest BCUT2D eigenvalue weighted by molar-refractivity contribution is -0.134. The molecular weight excluding hydrogens is 464 g/mol. The van der Waals surface area contributed by atoms with Gasteiger partial charge in [-0.05, 0) is 49.7 Å². The number of hydrogen-bond donors (Lipinski definition) is 2. The zero-order valence-electron chi connectivity index (χ0n) is 18.5. The summed E-state index contributed by atoms with van der Waals surface area (Å²) in [6, 6.07) is 12.4. The number of carbonyl (C=O) groups excluding carboxylic acids is 3. The minimum Gasteiger partial charge on any atom is -0.457 e. The Morgan fingerprint density at radius 1 is 1.15 bits per heavy atom. The first-order chi connectivity index (χ1) is 16.1. The highest BCUT2D eigenvalue weighted by Gasteiger charge is 2.35. The molecule has 4 amide bonds. The van der Waals surface area contributed by atoms with Gasteiger partial charge in [0.15, 0.2) is 0 Å². The molecule has 1 heterocycles. The topological polar surface area (TPSA) is 146 Å². The summed E-state index contributed by atoms with van der Waals surface area (Å²) in [6.07, 6.45) is -0.294. The Labute approximate surface area is 196 Å². The highest BCUT2D eigenvalue weighted by Crippen LogP contribution is 2.25. The summed E-state index contributed by atoms with van der Waals surface area (Å²) in [4.78, 5) is 40.9. The van der Waals surface area contributed by atoms with Gasteiger partial charge in [0, 0.05) is 19.3 Å². The molecule has 34 heavy (non-hydrogen) atoms. The van der Waals surface area contributed by atoms with Gasteiger partial charge in [-0.25, -0.2) is 23.7 Å². The number of hydrogen-bond acceptors (Lipinski definition) is 7. The van der Waals surface area contributed by atoms with Crippen LogP contribution < -0.4 is 10.2 Å². The highest BCUT2D eigenvalue weighted by molar-refractivity contribution is 7.89. The lowest BCUT2D eigenvalue weighted by Crippen LogP contribution is -2.49. The number of rotatable bonds is 9. The molecule has 2 aromatic carbocycles. The van der Waals surface area contributed by atoms with Gasteiger partial charge in [0.25, 0.3) is 5.91 Å². The van der Waals surface area contributed by atoms with Crippen molar-refractivity contribution in [2.45, 2.75) is 30.7 Å². The molecule has 1 aliphatic rings. The van der Waals surface area contributed by atoms with Crippen LogP contribution in [0.15, 0.2) is 64.5 Å². The van der Waals surface area contributed by atoms with Gasteiger partial charge in [0.05, 0.1) is 11.3 Å². The van der Waals surface area contributed by atoms with Crippen molar-refractivity contribution in [3.05, 3.63) is 54.6 Å². The Morgan fingerprint density at radius 3 is 2.35 bits per heavy atom. The summed E-state index contributed by atoms with van der Waals surface area (Å²) >= 11 is 0. The van der Waals surface area contributed by atoms with E-state index in [-0.39, 0.29) is 24.3 Å². The number of ether oxygens (including phenoxy) is 1. The van der Waals surface area contributed by atoms with Crippen molar-refractivity contribution in [1.82, 2.24) is 14.7 Å². The molecule has 1 aliphatic heterocycles. The third-order valence-corrected chi connectivity index (χ3v) is 7.06. The number of benzene rings is 2. The molecule has 1 unspecified atom stereocenters. The number of nitrogens with zero attached hydrogens (tertiary/aromatic N) is 3. The number of hydroxylamine groups is 1. The Kier molecular flexibility index (Phi) is 7.76. The summed E-state index contributed by atoms with van der Waals surface area (Å²) in [5, 5.41) is 9.14. The van der Waals surface area contributed by atoms with Crippen molar-refractivity contribution < 1.29 is 32.7 Å². The molecule has 180 valence electrons. The second kappa shape index (κ2) is 10.5. The van der Waals surface area contributed by atoms with E-state index in [1.165, 1.54) is 36.8 Å². The Hall–Kier alpha value is -3.61. The Bertz CT molecular complexity index is 1200. The van der Waals surface area contributed by atoms with Gasteiger partial charge in [0.1, 0.15) is 17.5 Å². The average Bonchev–Trinajstić information content (AvgIpc) is 2.81. The molecule has 12 heteroatoms. The first kappa shape index (κ1) is 25.0. The van der Waals surface area contributed by atoms with Crippen LogP contribution in [0.1, 0.15) is 19.8 Å². The smallest absolute Gasteiger partial charge is 0.350 e. The zero-order chi connectivity index (χ0) is 24.9. The van der Waals surface area contributed by atoms with Crippen LogP contribution in [0.2, 0.25) is 0 Å². The number of imide groups is 1. The van der Waals surface area contributed by atoms with Crippen LogP contribution in [0.3, 0.4) is 0 Å². The number of likely N-dealkylation sites (N-methyl/N-ethyl adjacent to an activating group) is 1. The fourth-order valence-electron chi connectivity index (χ4n) is 3.35. The van der Waals surface area contributed by atoms with Crippen LogP contribution in [0.5, 0.6) is 11.5 Å². The number of para-hydroxylation sites is 1. The Balaban J connectivity index is 1.76. The van der Waals surface area contributed by atoms with Gasteiger partial charge in [-0.1, -0.05) is 18.2 Å². The molecule has 2 N–H and O–H groups in total. The number of aliphatic imine (C=N–C) groups is 1. The van der Waals surface area contributed by atoms with E-state index in [4.69, 9.17) is 9.94 Å². The fraction of sp³-hybridized carbons (Fsp3) is 0.273. The van der Waals surface area contributed by atoms with Crippen molar-refractivity contribution in [1.29, 1.82) is 0 Å². The number of sulfonamides is 1. The monoisotopic (exact) mass is 488 g/mol. The minimum absolute atomic E-state index is 0.0475. The Morgan fingerprint density at radius 2 is 1.76 bits per heavy atom. The second-order valence-electron chi connectivity index (χ2n) is 7.54. The lowest BCUT2D eigenvalue weighted by atomic mass is 10.1. The van der Waals surface area contributed by atoms with E-state index < -0.39 is 33.9 Å². The number of nitrogens with one attached hydrogen (secondary N) is 1. The van der Waals surface area contributed by atoms with E-state index in [0.717, 1.165) is 9.21 Å².